The highest BCUT2D eigenvalue weighted by Gasteiger charge is 2.30. The Bertz CT molecular complexity index is 613. The number of carbonyl (C=O) groups excluding carboxylic acids is 1. The van der Waals surface area contributed by atoms with E-state index in [-0.39, 0.29) is 29.9 Å². The highest BCUT2D eigenvalue weighted by atomic mass is 35.5. The number of aromatic nitrogens is 1. The van der Waals surface area contributed by atoms with Crippen LogP contribution in [0.5, 0.6) is 0 Å². The molecule has 1 aromatic heterocycles. The van der Waals surface area contributed by atoms with Crippen LogP contribution in [0.3, 0.4) is 0 Å². The molecule has 5 nitrogen and oxygen atoms in total. The number of halogens is 1. The van der Waals surface area contributed by atoms with Crippen molar-refractivity contribution in [3.05, 3.63) is 42.1 Å². The Kier molecular flexibility index (Phi) is 6.14. The van der Waals surface area contributed by atoms with Gasteiger partial charge in [0.1, 0.15) is 0 Å². The second-order valence-electron chi connectivity index (χ2n) is 5.67. The molecule has 1 amide bonds. The fourth-order valence-electron chi connectivity index (χ4n) is 1.88. The van der Waals surface area contributed by atoms with Crippen LogP contribution in [0.1, 0.15) is 31.3 Å². The Hall–Kier alpha value is -1.85. The van der Waals surface area contributed by atoms with Crippen LogP contribution in [0.25, 0.3) is 11.3 Å². The number of carbonyl (C=O) groups is 1. The van der Waals surface area contributed by atoms with Gasteiger partial charge in [0.15, 0.2) is 11.5 Å². The average molecular weight is 324 g/mol. The van der Waals surface area contributed by atoms with Crippen molar-refractivity contribution in [2.75, 3.05) is 6.54 Å². The molecular weight excluding hydrogens is 302 g/mol. The Balaban J connectivity index is 0.00000242. The summed E-state index contributed by atoms with van der Waals surface area (Å²) in [5, 5.41) is 6.78. The minimum atomic E-state index is -0.469. The van der Waals surface area contributed by atoms with Crippen molar-refractivity contribution in [2.24, 2.45) is 11.7 Å². The molecular formula is C16H22ClN3O2. The molecule has 0 bridgehead atoms. The molecule has 0 radical (unpaired) electrons. The predicted octanol–water partition coefficient (Wildman–Crippen LogP) is 2.87. The number of rotatable bonds is 5. The van der Waals surface area contributed by atoms with E-state index >= 15 is 0 Å². The summed E-state index contributed by atoms with van der Waals surface area (Å²) in [5.74, 6) is 0.509. The average Bonchev–Trinajstić information content (AvgIpc) is 2.97. The Morgan fingerprint density at radius 2 is 2.00 bits per heavy atom. The fourth-order valence-corrected chi connectivity index (χ4v) is 1.88. The van der Waals surface area contributed by atoms with E-state index in [1.165, 1.54) is 0 Å². The molecule has 2 aromatic rings. The maximum absolute atomic E-state index is 12.3. The minimum Gasteiger partial charge on any atom is -0.355 e. The quantitative estimate of drug-likeness (QED) is 0.886. The number of hydrogen-bond acceptors (Lipinski definition) is 4. The molecule has 1 unspecified atom stereocenters. The molecule has 2 rings (SSSR count). The van der Waals surface area contributed by atoms with Crippen molar-refractivity contribution in [1.82, 2.24) is 10.5 Å². The first-order valence-electron chi connectivity index (χ1n) is 7.01. The van der Waals surface area contributed by atoms with Gasteiger partial charge in [-0.2, -0.15) is 0 Å². The fraction of sp³-hybridized carbons (Fsp3) is 0.375. The third kappa shape index (κ3) is 3.87. The first-order chi connectivity index (χ1) is 9.96. The third-order valence-corrected chi connectivity index (χ3v) is 3.90. The van der Waals surface area contributed by atoms with Gasteiger partial charge in [0.25, 0.3) is 5.91 Å². The lowest BCUT2D eigenvalue weighted by atomic mass is 9.88. The molecule has 6 heteroatoms. The van der Waals surface area contributed by atoms with E-state index in [1.54, 1.807) is 6.07 Å². The number of nitrogens with two attached hydrogens (primary N) is 1. The smallest absolute Gasteiger partial charge is 0.273 e. The number of nitrogens with zero attached hydrogens (tertiary/aromatic N) is 1. The molecule has 120 valence electrons. The van der Waals surface area contributed by atoms with Gasteiger partial charge in [-0.25, -0.2) is 0 Å². The zero-order chi connectivity index (χ0) is 15.5. The zero-order valence-corrected chi connectivity index (χ0v) is 13.8. The lowest BCUT2D eigenvalue weighted by Crippen LogP contribution is -2.55. The van der Waals surface area contributed by atoms with E-state index in [0.29, 0.717) is 12.3 Å². The van der Waals surface area contributed by atoms with E-state index < -0.39 is 5.54 Å². The minimum absolute atomic E-state index is 0. The highest BCUT2D eigenvalue weighted by molar-refractivity contribution is 5.93. The molecule has 0 fully saturated rings. The molecule has 0 aliphatic rings. The number of nitrogens with one attached hydrogen (secondary N) is 1. The topological polar surface area (TPSA) is 81.1 Å². The predicted molar refractivity (Wildman–Crippen MR) is 89.0 cm³/mol. The standard InChI is InChI=1S/C16H21N3O2.ClH/c1-11(2)16(3,10-17)18-15(20)13-9-14(21-19-13)12-7-5-4-6-8-12;/h4-9,11H,10,17H2,1-3H3,(H,18,20);1H. The van der Waals surface area contributed by atoms with Crippen LogP contribution in [0.15, 0.2) is 40.9 Å². The van der Waals surface area contributed by atoms with E-state index in [4.69, 9.17) is 10.3 Å². The van der Waals surface area contributed by atoms with Crippen molar-refractivity contribution < 1.29 is 9.32 Å². The van der Waals surface area contributed by atoms with Gasteiger partial charge in [-0.15, -0.1) is 12.4 Å². The summed E-state index contributed by atoms with van der Waals surface area (Å²) in [6.45, 7) is 6.32. The van der Waals surface area contributed by atoms with E-state index in [0.717, 1.165) is 5.56 Å². The maximum Gasteiger partial charge on any atom is 0.273 e. The summed E-state index contributed by atoms with van der Waals surface area (Å²) >= 11 is 0. The zero-order valence-electron chi connectivity index (χ0n) is 13.0. The molecule has 3 N–H and O–H groups in total. The Labute approximate surface area is 136 Å². The molecule has 1 aromatic carbocycles. The van der Waals surface area contributed by atoms with E-state index in [1.807, 2.05) is 51.1 Å². The Morgan fingerprint density at radius 1 is 1.36 bits per heavy atom. The van der Waals surface area contributed by atoms with Gasteiger partial charge in [-0.3, -0.25) is 4.79 Å². The van der Waals surface area contributed by atoms with Crippen molar-refractivity contribution in [3.8, 4) is 11.3 Å². The first-order valence-corrected chi connectivity index (χ1v) is 7.01. The van der Waals surface area contributed by atoms with Gasteiger partial charge in [0, 0.05) is 18.2 Å². The van der Waals surface area contributed by atoms with Crippen molar-refractivity contribution in [2.45, 2.75) is 26.3 Å². The van der Waals surface area contributed by atoms with Crippen molar-refractivity contribution in [1.29, 1.82) is 0 Å². The molecule has 0 aliphatic heterocycles. The molecule has 0 saturated carbocycles. The van der Waals surface area contributed by atoms with Crippen LogP contribution >= 0.6 is 12.4 Å². The van der Waals surface area contributed by atoms with Crippen LogP contribution in [0, 0.1) is 5.92 Å². The van der Waals surface area contributed by atoms with Gasteiger partial charge >= 0.3 is 0 Å². The van der Waals surface area contributed by atoms with Crippen LogP contribution < -0.4 is 11.1 Å². The van der Waals surface area contributed by atoms with Gasteiger partial charge < -0.3 is 15.6 Å². The number of hydrogen-bond donors (Lipinski definition) is 2. The van der Waals surface area contributed by atoms with Crippen molar-refractivity contribution >= 4 is 18.3 Å². The normalized spacial score (nSPS) is 13.3. The lowest BCUT2D eigenvalue weighted by molar-refractivity contribution is 0.0874. The summed E-state index contributed by atoms with van der Waals surface area (Å²) in [6.07, 6.45) is 0. The molecule has 22 heavy (non-hydrogen) atoms. The van der Waals surface area contributed by atoms with Gasteiger partial charge in [0.05, 0.1) is 5.54 Å². The highest BCUT2D eigenvalue weighted by Crippen LogP contribution is 2.21. The van der Waals surface area contributed by atoms with Crippen LogP contribution in [0.4, 0.5) is 0 Å². The first kappa shape index (κ1) is 18.2. The molecule has 1 atom stereocenters. The number of benzene rings is 1. The van der Waals surface area contributed by atoms with E-state index in [9.17, 15) is 4.79 Å². The van der Waals surface area contributed by atoms with Crippen LogP contribution in [-0.2, 0) is 0 Å². The van der Waals surface area contributed by atoms with E-state index in [2.05, 4.69) is 10.5 Å². The maximum atomic E-state index is 12.3. The van der Waals surface area contributed by atoms with Gasteiger partial charge in [0.2, 0.25) is 0 Å². The largest absolute Gasteiger partial charge is 0.355 e. The third-order valence-electron chi connectivity index (χ3n) is 3.90. The van der Waals surface area contributed by atoms with Gasteiger partial charge in [-0.05, 0) is 12.8 Å². The van der Waals surface area contributed by atoms with Crippen LogP contribution in [0.2, 0.25) is 0 Å². The second kappa shape index (κ2) is 7.42. The summed E-state index contributed by atoms with van der Waals surface area (Å²) in [6, 6.07) is 11.2. The summed E-state index contributed by atoms with van der Waals surface area (Å²) < 4.78 is 5.24. The summed E-state index contributed by atoms with van der Waals surface area (Å²) in [7, 11) is 0. The summed E-state index contributed by atoms with van der Waals surface area (Å²) in [4.78, 5) is 12.3. The molecule has 0 spiro atoms. The Morgan fingerprint density at radius 3 is 2.55 bits per heavy atom. The number of amides is 1. The van der Waals surface area contributed by atoms with Gasteiger partial charge in [-0.1, -0.05) is 49.3 Å². The lowest BCUT2D eigenvalue weighted by Gasteiger charge is -2.33. The van der Waals surface area contributed by atoms with Crippen LogP contribution in [-0.4, -0.2) is 23.1 Å². The monoisotopic (exact) mass is 323 g/mol. The molecule has 1 heterocycles. The SMILES string of the molecule is CC(C)C(C)(CN)NC(=O)c1cc(-c2ccccc2)on1.Cl. The molecule has 0 aliphatic carbocycles. The second-order valence-corrected chi connectivity index (χ2v) is 5.67. The molecule has 0 saturated heterocycles. The summed E-state index contributed by atoms with van der Waals surface area (Å²) in [5.41, 5.74) is 6.45. The van der Waals surface area contributed by atoms with Crippen molar-refractivity contribution in [3.63, 3.8) is 0 Å².